The van der Waals surface area contributed by atoms with Gasteiger partial charge in [-0.2, -0.15) is 0 Å². The van der Waals surface area contributed by atoms with Crippen molar-refractivity contribution in [2.75, 3.05) is 6.54 Å². The number of rotatable bonds is 5. The van der Waals surface area contributed by atoms with Crippen molar-refractivity contribution in [1.29, 1.82) is 0 Å². The van der Waals surface area contributed by atoms with Gasteiger partial charge >= 0.3 is 0 Å². The third kappa shape index (κ3) is 2.67. The Hall–Kier alpha value is -0.150. The van der Waals surface area contributed by atoms with Crippen molar-refractivity contribution in [3.8, 4) is 0 Å². The van der Waals surface area contributed by atoms with Crippen LogP contribution in [0.4, 0.5) is 0 Å². The Morgan fingerprint density at radius 2 is 2.00 bits per heavy atom. The molecule has 1 rings (SSSR count). The first-order valence-electron chi connectivity index (χ1n) is 5.75. The van der Waals surface area contributed by atoms with Gasteiger partial charge in [0.05, 0.1) is 11.0 Å². The summed E-state index contributed by atoms with van der Waals surface area (Å²) in [6.07, 6.45) is 6.43. The normalized spacial score (nSPS) is 20.2. The van der Waals surface area contributed by atoms with Crippen molar-refractivity contribution in [1.82, 2.24) is 4.90 Å². The number of nitrogens with zero attached hydrogens (tertiary/aromatic N) is 1. The minimum atomic E-state index is 0.318. The van der Waals surface area contributed by atoms with E-state index in [0.29, 0.717) is 11.0 Å². The Bertz CT molecular complexity index is 188. The SMILES string of the molecule is CCC(C(N)=S)N(CC)C1CCCC1. The molecule has 0 radical (unpaired) electrons. The fraction of sp³-hybridized carbons (Fsp3) is 0.909. The van der Waals surface area contributed by atoms with Crippen molar-refractivity contribution < 1.29 is 0 Å². The zero-order valence-electron chi connectivity index (χ0n) is 9.33. The fourth-order valence-corrected chi connectivity index (χ4v) is 2.87. The van der Waals surface area contributed by atoms with Crippen LogP contribution in [-0.2, 0) is 0 Å². The molecule has 0 spiro atoms. The van der Waals surface area contributed by atoms with Gasteiger partial charge in [0.25, 0.3) is 0 Å². The molecular weight excluding hydrogens is 192 g/mol. The van der Waals surface area contributed by atoms with E-state index in [1.54, 1.807) is 0 Å². The molecule has 0 aromatic carbocycles. The molecule has 82 valence electrons. The lowest BCUT2D eigenvalue weighted by Crippen LogP contribution is -2.47. The summed E-state index contributed by atoms with van der Waals surface area (Å²) >= 11 is 5.13. The van der Waals surface area contributed by atoms with Gasteiger partial charge in [-0.25, -0.2) is 0 Å². The van der Waals surface area contributed by atoms with Crippen LogP contribution >= 0.6 is 12.2 Å². The third-order valence-corrected chi connectivity index (χ3v) is 3.55. The van der Waals surface area contributed by atoms with Crippen LogP contribution in [0.1, 0.15) is 46.0 Å². The van der Waals surface area contributed by atoms with Crippen LogP contribution in [0.15, 0.2) is 0 Å². The van der Waals surface area contributed by atoms with E-state index in [-0.39, 0.29) is 0 Å². The average Bonchev–Trinajstić information content (AvgIpc) is 2.65. The van der Waals surface area contributed by atoms with Crippen molar-refractivity contribution in [2.24, 2.45) is 5.73 Å². The third-order valence-electron chi connectivity index (χ3n) is 3.27. The Morgan fingerprint density at radius 3 is 2.36 bits per heavy atom. The lowest BCUT2D eigenvalue weighted by Gasteiger charge is -2.34. The second kappa shape index (κ2) is 5.66. The molecule has 1 fully saturated rings. The molecule has 0 aliphatic heterocycles. The highest BCUT2D eigenvalue weighted by Crippen LogP contribution is 2.25. The predicted octanol–water partition coefficient (Wildman–Crippen LogP) is 2.32. The summed E-state index contributed by atoms with van der Waals surface area (Å²) in [6.45, 7) is 5.45. The Balaban J connectivity index is 2.62. The quantitative estimate of drug-likeness (QED) is 0.712. The van der Waals surface area contributed by atoms with Crippen molar-refractivity contribution in [3.05, 3.63) is 0 Å². The number of nitrogens with two attached hydrogens (primary N) is 1. The zero-order valence-corrected chi connectivity index (χ0v) is 10.1. The van der Waals surface area contributed by atoms with E-state index in [4.69, 9.17) is 18.0 Å². The summed E-state index contributed by atoms with van der Waals surface area (Å²) in [6, 6.07) is 1.05. The summed E-state index contributed by atoms with van der Waals surface area (Å²) < 4.78 is 0. The molecule has 2 nitrogen and oxygen atoms in total. The van der Waals surface area contributed by atoms with Crippen molar-refractivity contribution >= 4 is 17.2 Å². The van der Waals surface area contributed by atoms with E-state index in [9.17, 15) is 0 Å². The minimum absolute atomic E-state index is 0.318. The van der Waals surface area contributed by atoms with Gasteiger partial charge in [-0.3, -0.25) is 4.90 Å². The maximum Gasteiger partial charge on any atom is 0.0902 e. The second-order valence-corrected chi connectivity index (χ2v) is 4.57. The van der Waals surface area contributed by atoms with Gasteiger partial charge in [0.15, 0.2) is 0 Å². The van der Waals surface area contributed by atoms with E-state index in [0.717, 1.165) is 19.0 Å². The molecule has 1 aliphatic carbocycles. The first kappa shape index (κ1) is 11.9. The summed E-state index contributed by atoms with van der Waals surface area (Å²) in [5.41, 5.74) is 5.78. The summed E-state index contributed by atoms with van der Waals surface area (Å²) in [5, 5.41) is 0. The largest absolute Gasteiger partial charge is 0.392 e. The number of likely N-dealkylation sites (N-methyl/N-ethyl adjacent to an activating group) is 1. The van der Waals surface area contributed by atoms with Crippen molar-refractivity contribution in [3.63, 3.8) is 0 Å². The van der Waals surface area contributed by atoms with Crippen LogP contribution < -0.4 is 5.73 Å². The molecule has 0 bridgehead atoms. The van der Waals surface area contributed by atoms with E-state index >= 15 is 0 Å². The molecule has 1 aliphatic rings. The maximum atomic E-state index is 5.78. The number of hydrogen-bond acceptors (Lipinski definition) is 2. The van der Waals surface area contributed by atoms with Gasteiger partial charge < -0.3 is 5.73 Å². The molecule has 0 heterocycles. The predicted molar refractivity (Wildman–Crippen MR) is 65.5 cm³/mol. The van der Waals surface area contributed by atoms with Crippen LogP contribution in [0, 0.1) is 0 Å². The van der Waals surface area contributed by atoms with E-state index < -0.39 is 0 Å². The smallest absolute Gasteiger partial charge is 0.0902 e. The highest BCUT2D eigenvalue weighted by atomic mass is 32.1. The molecule has 1 saturated carbocycles. The van der Waals surface area contributed by atoms with Crippen LogP contribution in [-0.4, -0.2) is 28.5 Å². The summed E-state index contributed by atoms with van der Waals surface area (Å²) in [7, 11) is 0. The van der Waals surface area contributed by atoms with E-state index in [1.165, 1.54) is 25.7 Å². The minimum Gasteiger partial charge on any atom is -0.392 e. The molecule has 1 atom stereocenters. The Morgan fingerprint density at radius 1 is 1.43 bits per heavy atom. The number of hydrogen-bond donors (Lipinski definition) is 1. The first-order chi connectivity index (χ1) is 6.70. The summed E-state index contributed by atoms with van der Waals surface area (Å²) in [5.74, 6) is 0. The van der Waals surface area contributed by atoms with Gasteiger partial charge in [0.2, 0.25) is 0 Å². The molecule has 2 N–H and O–H groups in total. The van der Waals surface area contributed by atoms with Gasteiger partial charge in [-0.1, -0.05) is 38.9 Å². The Labute approximate surface area is 92.8 Å². The topological polar surface area (TPSA) is 29.3 Å². The van der Waals surface area contributed by atoms with Crippen LogP contribution in [0.3, 0.4) is 0 Å². The monoisotopic (exact) mass is 214 g/mol. The molecule has 0 amide bonds. The van der Waals surface area contributed by atoms with Gasteiger partial charge in [-0.15, -0.1) is 0 Å². The van der Waals surface area contributed by atoms with Crippen molar-refractivity contribution in [2.45, 2.75) is 58.0 Å². The average molecular weight is 214 g/mol. The number of thiocarbonyl (C=S) groups is 1. The van der Waals surface area contributed by atoms with E-state index in [1.807, 2.05) is 0 Å². The van der Waals surface area contributed by atoms with Gasteiger partial charge in [-0.05, 0) is 25.8 Å². The summed E-state index contributed by atoms with van der Waals surface area (Å²) in [4.78, 5) is 3.16. The maximum absolute atomic E-state index is 5.78. The van der Waals surface area contributed by atoms with Crippen LogP contribution in [0.2, 0.25) is 0 Å². The second-order valence-electron chi connectivity index (χ2n) is 4.10. The molecule has 0 aromatic rings. The zero-order chi connectivity index (χ0) is 10.6. The van der Waals surface area contributed by atoms with Gasteiger partial charge in [0, 0.05) is 6.04 Å². The highest BCUT2D eigenvalue weighted by molar-refractivity contribution is 7.80. The van der Waals surface area contributed by atoms with E-state index in [2.05, 4.69) is 18.7 Å². The van der Waals surface area contributed by atoms with Crippen LogP contribution in [0.25, 0.3) is 0 Å². The molecule has 1 unspecified atom stereocenters. The molecule has 0 saturated heterocycles. The fourth-order valence-electron chi connectivity index (χ4n) is 2.57. The highest BCUT2D eigenvalue weighted by Gasteiger charge is 2.27. The Kier molecular flexibility index (Phi) is 4.82. The molecule has 0 aromatic heterocycles. The molecule has 3 heteroatoms. The first-order valence-corrected chi connectivity index (χ1v) is 6.16. The standard InChI is InChI=1S/C11H22N2S/c1-3-10(11(12)14)13(4-2)9-7-5-6-8-9/h9-10H,3-8H2,1-2H3,(H2,12,14). The van der Waals surface area contributed by atoms with Gasteiger partial charge in [0.1, 0.15) is 0 Å². The molecule has 14 heavy (non-hydrogen) atoms. The van der Waals surface area contributed by atoms with Crippen LogP contribution in [0.5, 0.6) is 0 Å². The lowest BCUT2D eigenvalue weighted by atomic mass is 10.1. The lowest BCUT2D eigenvalue weighted by molar-refractivity contribution is 0.178. The molecular formula is C11H22N2S.